The van der Waals surface area contributed by atoms with Gasteiger partial charge in [-0.1, -0.05) is 0 Å². The number of hydrogen-bond acceptors (Lipinski definition) is 4. The van der Waals surface area contributed by atoms with Gasteiger partial charge in [-0.3, -0.25) is 9.78 Å². The summed E-state index contributed by atoms with van der Waals surface area (Å²) in [4.78, 5) is 18.6. The lowest BCUT2D eigenvalue weighted by atomic mass is 10.1. The fraction of sp³-hybridized carbons (Fsp3) is 0.429. The number of anilines is 1. The molecule has 0 aliphatic heterocycles. The molecule has 140 valence electrons. The Morgan fingerprint density at radius 2 is 1.96 bits per heavy atom. The standard InChI is InChI=1S/C21H29N3O2/c1-5-24(16(2)3)21(25)18-13-17(4)14-20(15-18)26-12-6-9-23-19-7-10-22-11-8-19/h7-8,10-11,13-16H,5-6,9,12H2,1-4H3,(H,22,23). The zero-order valence-corrected chi connectivity index (χ0v) is 16.2. The summed E-state index contributed by atoms with van der Waals surface area (Å²) < 4.78 is 5.87. The second kappa shape index (κ2) is 9.80. The lowest BCUT2D eigenvalue weighted by Gasteiger charge is -2.25. The number of nitrogens with one attached hydrogen (secondary N) is 1. The number of nitrogens with zero attached hydrogens (tertiary/aromatic N) is 2. The van der Waals surface area contributed by atoms with Gasteiger partial charge in [0.1, 0.15) is 5.75 Å². The third-order valence-electron chi connectivity index (χ3n) is 4.12. The van der Waals surface area contributed by atoms with Gasteiger partial charge < -0.3 is 15.0 Å². The molecule has 0 spiro atoms. The number of carbonyl (C=O) groups is 1. The van der Waals surface area contributed by atoms with Crippen molar-refractivity contribution in [1.82, 2.24) is 9.88 Å². The van der Waals surface area contributed by atoms with E-state index < -0.39 is 0 Å². The van der Waals surface area contributed by atoms with Gasteiger partial charge in [0.2, 0.25) is 0 Å². The average molecular weight is 355 g/mol. The van der Waals surface area contributed by atoms with Crippen LogP contribution in [0.15, 0.2) is 42.7 Å². The van der Waals surface area contributed by atoms with E-state index in [4.69, 9.17) is 4.74 Å². The van der Waals surface area contributed by atoms with Crippen molar-refractivity contribution < 1.29 is 9.53 Å². The number of hydrogen-bond donors (Lipinski definition) is 1. The summed E-state index contributed by atoms with van der Waals surface area (Å²) in [6, 6.07) is 9.79. The number of ether oxygens (including phenoxy) is 1. The predicted molar refractivity (Wildman–Crippen MR) is 106 cm³/mol. The Morgan fingerprint density at radius 1 is 1.23 bits per heavy atom. The van der Waals surface area contributed by atoms with Gasteiger partial charge >= 0.3 is 0 Å². The molecule has 0 bridgehead atoms. The topological polar surface area (TPSA) is 54.5 Å². The normalized spacial score (nSPS) is 10.7. The van der Waals surface area contributed by atoms with Crippen LogP contribution in [0.5, 0.6) is 5.75 Å². The third-order valence-corrected chi connectivity index (χ3v) is 4.12. The maximum absolute atomic E-state index is 12.7. The lowest BCUT2D eigenvalue weighted by Crippen LogP contribution is -2.36. The summed E-state index contributed by atoms with van der Waals surface area (Å²) >= 11 is 0. The highest BCUT2D eigenvalue weighted by atomic mass is 16.5. The van der Waals surface area contributed by atoms with E-state index in [1.807, 2.05) is 62.9 Å². The van der Waals surface area contributed by atoms with Crippen LogP contribution >= 0.6 is 0 Å². The Labute approximate surface area is 156 Å². The maximum Gasteiger partial charge on any atom is 0.254 e. The summed E-state index contributed by atoms with van der Waals surface area (Å²) in [5, 5.41) is 3.33. The molecule has 1 aromatic carbocycles. The number of aromatic nitrogens is 1. The van der Waals surface area contributed by atoms with Crippen LogP contribution < -0.4 is 10.1 Å². The molecule has 1 amide bonds. The average Bonchev–Trinajstić information content (AvgIpc) is 2.62. The first-order valence-electron chi connectivity index (χ1n) is 9.20. The molecule has 0 aliphatic rings. The van der Waals surface area contributed by atoms with E-state index in [9.17, 15) is 4.79 Å². The largest absolute Gasteiger partial charge is 0.493 e. The van der Waals surface area contributed by atoms with E-state index in [1.54, 1.807) is 12.4 Å². The molecule has 2 rings (SSSR count). The van der Waals surface area contributed by atoms with Crippen LogP contribution in [0.3, 0.4) is 0 Å². The predicted octanol–water partition coefficient (Wildman–Crippen LogP) is 4.14. The molecule has 0 unspecified atom stereocenters. The van der Waals surface area contributed by atoms with Gasteiger partial charge in [-0.2, -0.15) is 0 Å². The number of benzene rings is 1. The van der Waals surface area contributed by atoms with Crippen molar-refractivity contribution in [2.24, 2.45) is 0 Å². The molecule has 0 aliphatic carbocycles. The number of pyridine rings is 1. The van der Waals surface area contributed by atoms with Crippen LogP contribution in [-0.2, 0) is 0 Å². The van der Waals surface area contributed by atoms with Gasteiger partial charge in [0.05, 0.1) is 6.61 Å². The number of carbonyl (C=O) groups excluding carboxylic acids is 1. The molecule has 26 heavy (non-hydrogen) atoms. The van der Waals surface area contributed by atoms with E-state index in [0.29, 0.717) is 18.7 Å². The Morgan fingerprint density at radius 3 is 2.62 bits per heavy atom. The molecule has 0 saturated carbocycles. The maximum atomic E-state index is 12.7. The van der Waals surface area contributed by atoms with Gasteiger partial charge in [0.15, 0.2) is 0 Å². The van der Waals surface area contributed by atoms with E-state index in [-0.39, 0.29) is 11.9 Å². The van der Waals surface area contributed by atoms with Crippen LogP contribution in [0.25, 0.3) is 0 Å². The van der Waals surface area contributed by atoms with Gasteiger partial charge in [-0.15, -0.1) is 0 Å². The van der Waals surface area contributed by atoms with Gasteiger partial charge in [-0.05, 0) is 70.0 Å². The van der Waals surface area contributed by atoms with E-state index in [1.165, 1.54) is 0 Å². The van der Waals surface area contributed by atoms with E-state index in [2.05, 4.69) is 10.3 Å². The zero-order valence-electron chi connectivity index (χ0n) is 16.2. The molecule has 1 heterocycles. The van der Waals surface area contributed by atoms with Crippen molar-refractivity contribution in [3.05, 3.63) is 53.9 Å². The summed E-state index contributed by atoms with van der Waals surface area (Å²) in [5.41, 5.74) is 2.77. The first-order valence-corrected chi connectivity index (χ1v) is 9.20. The first-order chi connectivity index (χ1) is 12.5. The van der Waals surface area contributed by atoms with E-state index >= 15 is 0 Å². The third kappa shape index (κ3) is 5.76. The van der Waals surface area contributed by atoms with Crippen molar-refractivity contribution in [1.29, 1.82) is 0 Å². The molecule has 2 aromatic rings. The van der Waals surface area contributed by atoms with Crippen molar-refractivity contribution in [3.8, 4) is 5.75 Å². The smallest absolute Gasteiger partial charge is 0.254 e. The zero-order chi connectivity index (χ0) is 18.9. The quantitative estimate of drug-likeness (QED) is 0.687. The minimum atomic E-state index is 0.0513. The highest BCUT2D eigenvalue weighted by Gasteiger charge is 2.18. The SMILES string of the molecule is CCN(C(=O)c1cc(C)cc(OCCCNc2ccncc2)c1)C(C)C. The van der Waals surface area contributed by atoms with E-state index in [0.717, 1.165) is 30.0 Å². The summed E-state index contributed by atoms with van der Waals surface area (Å²) in [5.74, 6) is 0.799. The minimum absolute atomic E-state index is 0.0513. The molecule has 0 fully saturated rings. The number of amides is 1. The van der Waals surface area contributed by atoms with Crippen molar-refractivity contribution in [3.63, 3.8) is 0 Å². The molecule has 0 radical (unpaired) electrons. The number of aryl methyl sites for hydroxylation is 1. The van der Waals surface area contributed by atoms with Crippen LogP contribution in [0.2, 0.25) is 0 Å². The molecule has 0 atom stereocenters. The molecule has 1 N–H and O–H groups in total. The van der Waals surface area contributed by atoms with Gasteiger partial charge in [0.25, 0.3) is 5.91 Å². The Hall–Kier alpha value is -2.56. The highest BCUT2D eigenvalue weighted by Crippen LogP contribution is 2.19. The van der Waals surface area contributed by atoms with Crippen LogP contribution in [-0.4, -0.2) is 41.5 Å². The van der Waals surface area contributed by atoms with Crippen molar-refractivity contribution in [2.45, 2.75) is 40.2 Å². The summed E-state index contributed by atoms with van der Waals surface area (Å²) in [7, 11) is 0. The fourth-order valence-corrected chi connectivity index (χ4v) is 2.83. The molecule has 5 nitrogen and oxygen atoms in total. The highest BCUT2D eigenvalue weighted by molar-refractivity contribution is 5.95. The lowest BCUT2D eigenvalue weighted by molar-refractivity contribution is 0.0716. The first kappa shape index (κ1) is 19.8. The van der Waals surface area contributed by atoms with Gasteiger partial charge in [-0.25, -0.2) is 0 Å². The van der Waals surface area contributed by atoms with Crippen molar-refractivity contribution >= 4 is 11.6 Å². The van der Waals surface area contributed by atoms with Crippen LogP contribution in [0.4, 0.5) is 5.69 Å². The molecular formula is C21H29N3O2. The monoisotopic (exact) mass is 355 g/mol. The second-order valence-corrected chi connectivity index (χ2v) is 6.58. The van der Waals surface area contributed by atoms with Crippen LogP contribution in [0.1, 0.15) is 43.1 Å². The molecule has 1 aromatic heterocycles. The molecular weight excluding hydrogens is 326 g/mol. The summed E-state index contributed by atoms with van der Waals surface area (Å²) in [6.07, 6.45) is 4.40. The van der Waals surface area contributed by atoms with Gasteiger partial charge in [0, 0.05) is 42.8 Å². The van der Waals surface area contributed by atoms with Crippen molar-refractivity contribution in [2.75, 3.05) is 25.0 Å². The fourth-order valence-electron chi connectivity index (χ4n) is 2.83. The molecule has 5 heteroatoms. The molecule has 0 saturated heterocycles. The number of rotatable bonds is 9. The van der Waals surface area contributed by atoms with Crippen LogP contribution in [0, 0.1) is 6.92 Å². The Balaban J connectivity index is 1.89. The Bertz CT molecular complexity index is 702. The Kier molecular flexibility index (Phi) is 7.45. The minimum Gasteiger partial charge on any atom is -0.493 e. The summed E-state index contributed by atoms with van der Waals surface area (Å²) in [6.45, 7) is 10.2. The second-order valence-electron chi connectivity index (χ2n) is 6.58.